The van der Waals surface area contributed by atoms with Crippen LogP contribution in [0.4, 0.5) is 0 Å². The predicted octanol–water partition coefficient (Wildman–Crippen LogP) is 1.37. The van der Waals surface area contributed by atoms with Crippen LogP contribution in [0.5, 0.6) is 0 Å². The zero-order chi connectivity index (χ0) is 14.0. The van der Waals surface area contributed by atoms with Gasteiger partial charge in [0, 0.05) is 17.6 Å². The molecule has 0 amide bonds. The van der Waals surface area contributed by atoms with Gasteiger partial charge in [-0.3, -0.25) is 4.79 Å². The van der Waals surface area contributed by atoms with Gasteiger partial charge in [0.25, 0.3) is 10.0 Å². The Hall–Kier alpha value is -0.480. The third-order valence-electron chi connectivity index (χ3n) is 2.66. The van der Waals surface area contributed by atoms with Crippen molar-refractivity contribution < 1.29 is 23.1 Å². The Balaban J connectivity index is 2.17. The van der Waals surface area contributed by atoms with Crippen LogP contribution in [0.25, 0.3) is 0 Å². The number of carboxylic acids is 1. The maximum atomic E-state index is 12.4. The first-order chi connectivity index (χ1) is 8.91. The summed E-state index contributed by atoms with van der Waals surface area (Å²) in [5.74, 6) is -0.999. The SMILES string of the molecule is O=C(O)CC1CN(S(=O)(=O)c2sccc2Br)CCO1. The molecule has 9 heteroatoms. The summed E-state index contributed by atoms with van der Waals surface area (Å²) in [5, 5.41) is 10.4. The van der Waals surface area contributed by atoms with Gasteiger partial charge in [0.1, 0.15) is 4.21 Å². The van der Waals surface area contributed by atoms with Crippen molar-refractivity contribution in [1.29, 1.82) is 0 Å². The highest BCUT2D eigenvalue weighted by Crippen LogP contribution is 2.31. The fourth-order valence-corrected chi connectivity index (χ4v) is 5.72. The molecule has 2 heterocycles. The van der Waals surface area contributed by atoms with Crippen LogP contribution >= 0.6 is 27.3 Å². The molecule has 1 aromatic rings. The van der Waals surface area contributed by atoms with E-state index < -0.39 is 22.1 Å². The fraction of sp³-hybridized carbons (Fsp3) is 0.500. The molecule has 1 aliphatic rings. The third kappa shape index (κ3) is 3.34. The molecule has 6 nitrogen and oxygen atoms in total. The molecule has 0 saturated carbocycles. The maximum absolute atomic E-state index is 12.4. The van der Waals surface area contributed by atoms with Crippen LogP contribution in [0.2, 0.25) is 0 Å². The van der Waals surface area contributed by atoms with Gasteiger partial charge in [-0.2, -0.15) is 4.31 Å². The number of carboxylic acid groups (broad SMARTS) is 1. The minimum absolute atomic E-state index is 0.0684. The fourth-order valence-electron chi connectivity index (χ4n) is 1.81. The number of carbonyl (C=O) groups is 1. The summed E-state index contributed by atoms with van der Waals surface area (Å²) in [4.78, 5) is 10.7. The zero-order valence-electron chi connectivity index (χ0n) is 9.78. The molecular formula is C10H12BrNO5S2. The number of hydrogen-bond donors (Lipinski definition) is 1. The van der Waals surface area contributed by atoms with Crippen molar-refractivity contribution in [3.8, 4) is 0 Å². The van der Waals surface area contributed by atoms with E-state index in [1.54, 1.807) is 11.4 Å². The van der Waals surface area contributed by atoms with Crippen molar-refractivity contribution in [2.75, 3.05) is 19.7 Å². The number of nitrogens with zero attached hydrogens (tertiary/aromatic N) is 1. The van der Waals surface area contributed by atoms with Crippen LogP contribution in [0, 0.1) is 0 Å². The molecule has 1 saturated heterocycles. The smallest absolute Gasteiger partial charge is 0.306 e. The second-order valence-corrected chi connectivity index (χ2v) is 7.91. The number of hydrogen-bond acceptors (Lipinski definition) is 5. The minimum Gasteiger partial charge on any atom is -0.481 e. The molecule has 1 N–H and O–H groups in total. The van der Waals surface area contributed by atoms with E-state index in [-0.39, 0.29) is 30.3 Å². The molecule has 1 aromatic heterocycles. The van der Waals surface area contributed by atoms with Gasteiger partial charge in [-0.25, -0.2) is 8.42 Å². The lowest BCUT2D eigenvalue weighted by Crippen LogP contribution is -2.46. The average molecular weight is 370 g/mol. The van der Waals surface area contributed by atoms with Crippen molar-refractivity contribution in [3.63, 3.8) is 0 Å². The molecule has 0 bridgehead atoms. The van der Waals surface area contributed by atoms with E-state index in [0.717, 1.165) is 11.3 Å². The van der Waals surface area contributed by atoms with Crippen LogP contribution in [0.15, 0.2) is 20.1 Å². The number of rotatable bonds is 4. The van der Waals surface area contributed by atoms with Gasteiger partial charge in [0.2, 0.25) is 0 Å². The number of sulfonamides is 1. The quantitative estimate of drug-likeness (QED) is 0.866. The molecule has 1 atom stereocenters. The van der Waals surface area contributed by atoms with E-state index in [2.05, 4.69) is 15.9 Å². The van der Waals surface area contributed by atoms with E-state index in [0.29, 0.717) is 4.47 Å². The van der Waals surface area contributed by atoms with Crippen LogP contribution in [0.1, 0.15) is 6.42 Å². The molecule has 1 aliphatic heterocycles. The molecule has 106 valence electrons. The normalized spacial score (nSPS) is 21.4. The molecule has 2 rings (SSSR count). The topological polar surface area (TPSA) is 83.9 Å². The first-order valence-electron chi connectivity index (χ1n) is 5.48. The number of ether oxygens (including phenoxy) is 1. The average Bonchev–Trinajstić information content (AvgIpc) is 2.75. The highest BCUT2D eigenvalue weighted by atomic mass is 79.9. The van der Waals surface area contributed by atoms with E-state index >= 15 is 0 Å². The molecule has 19 heavy (non-hydrogen) atoms. The minimum atomic E-state index is -3.59. The van der Waals surface area contributed by atoms with Gasteiger partial charge in [-0.05, 0) is 27.4 Å². The highest BCUT2D eigenvalue weighted by Gasteiger charge is 2.33. The van der Waals surface area contributed by atoms with Gasteiger partial charge < -0.3 is 9.84 Å². The van der Waals surface area contributed by atoms with Crippen LogP contribution in [-0.2, 0) is 19.6 Å². The standard InChI is InChI=1S/C10H12BrNO5S2/c11-8-1-4-18-10(8)19(15,16)12-2-3-17-7(6-12)5-9(13)14/h1,4,7H,2-3,5-6H2,(H,13,14). The summed E-state index contributed by atoms with van der Waals surface area (Å²) < 4.78 is 32.1. The molecular weight excluding hydrogens is 358 g/mol. The molecule has 0 aliphatic carbocycles. The van der Waals surface area contributed by atoms with Gasteiger partial charge in [-0.1, -0.05) is 0 Å². The Bertz CT molecular complexity index is 570. The van der Waals surface area contributed by atoms with Gasteiger partial charge in [0.15, 0.2) is 0 Å². The molecule has 0 spiro atoms. The molecule has 0 radical (unpaired) electrons. The summed E-state index contributed by atoms with van der Waals surface area (Å²) in [6.07, 6.45) is -0.794. The highest BCUT2D eigenvalue weighted by molar-refractivity contribution is 9.10. The van der Waals surface area contributed by atoms with Crippen molar-refractivity contribution in [3.05, 3.63) is 15.9 Å². The summed E-state index contributed by atoms with van der Waals surface area (Å²) in [7, 11) is -3.59. The Kier molecular flexibility index (Phi) is 4.62. The molecule has 0 aromatic carbocycles. The van der Waals surface area contributed by atoms with Crippen LogP contribution in [-0.4, -0.2) is 49.6 Å². The molecule has 1 fully saturated rings. The first-order valence-corrected chi connectivity index (χ1v) is 8.59. The third-order valence-corrected chi connectivity index (χ3v) is 7.17. The van der Waals surface area contributed by atoms with Crippen molar-refractivity contribution in [2.45, 2.75) is 16.7 Å². The summed E-state index contributed by atoms with van der Waals surface area (Å²) in [5.41, 5.74) is 0. The monoisotopic (exact) mass is 369 g/mol. The van der Waals surface area contributed by atoms with E-state index in [4.69, 9.17) is 9.84 Å². The lowest BCUT2D eigenvalue weighted by molar-refractivity contribution is -0.141. The second kappa shape index (κ2) is 5.88. The van der Waals surface area contributed by atoms with E-state index in [1.165, 1.54) is 4.31 Å². The lowest BCUT2D eigenvalue weighted by atomic mass is 10.2. The first kappa shape index (κ1) is 14.9. The number of halogens is 1. The van der Waals surface area contributed by atoms with Gasteiger partial charge >= 0.3 is 5.97 Å². The Morgan fingerprint density at radius 3 is 2.95 bits per heavy atom. The predicted molar refractivity (Wildman–Crippen MR) is 72.8 cm³/mol. The van der Waals surface area contributed by atoms with Gasteiger partial charge in [-0.15, -0.1) is 11.3 Å². The van der Waals surface area contributed by atoms with Crippen molar-refractivity contribution >= 4 is 43.3 Å². The number of aliphatic carboxylic acids is 1. The number of thiophene rings is 1. The number of morpholine rings is 1. The van der Waals surface area contributed by atoms with Crippen LogP contribution in [0.3, 0.4) is 0 Å². The van der Waals surface area contributed by atoms with Gasteiger partial charge in [0.05, 0.1) is 19.1 Å². The van der Waals surface area contributed by atoms with E-state index in [1.807, 2.05) is 0 Å². The maximum Gasteiger partial charge on any atom is 0.306 e. The summed E-state index contributed by atoms with van der Waals surface area (Å²) >= 11 is 4.33. The zero-order valence-corrected chi connectivity index (χ0v) is 13.0. The summed E-state index contributed by atoms with van der Waals surface area (Å²) in [6, 6.07) is 1.67. The van der Waals surface area contributed by atoms with E-state index in [9.17, 15) is 13.2 Å². The molecule has 1 unspecified atom stereocenters. The summed E-state index contributed by atoms with van der Waals surface area (Å²) in [6.45, 7) is 0.516. The van der Waals surface area contributed by atoms with Crippen molar-refractivity contribution in [2.24, 2.45) is 0 Å². The Labute approximate surface area is 123 Å². The Morgan fingerprint density at radius 2 is 2.37 bits per heavy atom. The largest absolute Gasteiger partial charge is 0.481 e. The van der Waals surface area contributed by atoms with Crippen LogP contribution < -0.4 is 0 Å². The van der Waals surface area contributed by atoms with Crippen molar-refractivity contribution in [1.82, 2.24) is 4.31 Å². The second-order valence-electron chi connectivity index (χ2n) is 4.01. The lowest BCUT2D eigenvalue weighted by Gasteiger charge is -2.31. The Morgan fingerprint density at radius 1 is 1.63 bits per heavy atom.